The van der Waals surface area contributed by atoms with Gasteiger partial charge in [0.2, 0.25) is 0 Å². The van der Waals surface area contributed by atoms with E-state index in [-0.39, 0.29) is 0 Å². The molecule has 5 heteroatoms. The van der Waals surface area contributed by atoms with Gasteiger partial charge in [-0.05, 0) is 31.2 Å². The quantitative estimate of drug-likeness (QED) is 0.784. The Morgan fingerprint density at radius 3 is 2.40 bits per heavy atom. The number of quaternary nitrogens is 1. The van der Waals surface area contributed by atoms with Gasteiger partial charge in [0.05, 0.1) is 10.4 Å². The molecule has 2 aromatic carbocycles. The summed E-state index contributed by atoms with van der Waals surface area (Å²) in [6.07, 6.45) is 1.58. The molecule has 1 heterocycles. The smallest absolute Gasteiger partial charge is 0.268 e. The number of benzene rings is 2. The highest BCUT2D eigenvalue weighted by Gasteiger charge is 2.18. The summed E-state index contributed by atoms with van der Waals surface area (Å²) in [4.78, 5) is 0.291. The van der Waals surface area contributed by atoms with Crippen molar-refractivity contribution < 1.29 is 14.2 Å². The van der Waals surface area contributed by atoms with Crippen molar-refractivity contribution >= 4 is 26.6 Å². The first-order valence-corrected chi connectivity index (χ1v) is 7.68. The first kappa shape index (κ1) is 12.9. The lowest BCUT2D eigenvalue weighted by Crippen LogP contribution is -2.39. The van der Waals surface area contributed by atoms with Crippen molar-refractivity contribution in [2.45, 2.75) is 11.8 Å². The third-order valence-electron chi connectivity index (χ3n) is 3.30. The monoisotopic (exact) mass is 287 g/mol. The van der Waals surface area contributed by atoms with Crippen LogP contribution in [0.1, 0.15) is 5.56 Å². The van der Waals surface area contributed by atoms with Gasteiger partial charge in [0.15, 0.2) is 0 Å². The third kappa shape index (κ3) is 2.01. The zero-order valence-electron chi connectivity index (χ0n) is 11.1. The normalized spacial score (nSPS) is 11.9. The second kappa shape index (κ2) is 4.47. The van der Waals surface area contributed by atoms with Crippen LogP contribution in [0.25, 0.3) is 10.9 Å². The summed E-state index contributed by atoms with van der Waals surface area (Å²) in [5.41, 5.74) is 6.41. The highest BCUT2D eigenvalue weighted by molar-refractivity contribution is 7.90. The van der Waals surface area contributed by atoms with E-state index in [0.717, 1.165) is 16.6 Å². The number of rotatable bonds is 2. The van der Waals surface area contributed by atoms with E-state index in [2.05, 4.69) is 5.73 Å². The van der Waals surface area contributed by atoms with Crippen molar-refractivity contribution in [2.75, 3.05) is 0 Å². The zero-order chi connectivity index (χ0) is 14.3. The van der Waals surface area contributed by atoms with Gasteiger partial charge in [0, 0.05) is 23.7 Å². The molecule has 0 atom stereocenters. The van der Waals surface area contributed by atoms with Crippen LogP contribution in [-0.4, -0.2) is 12.4 Å². The Balaban J connectivity index is 2.21. The summed E-state index contributed by atoms with van der Waals surface area (Å²) in [7, 11) is -3.56. The molecule has 3 N–H and O–H groups in total. The first-order valence-electron chi connectivity index (χ1n) is 6.24. The number of aryl methyl sites for hydroxylation is 1. The molecule has 102 valence electrons. The molecule has 0 saturated heterocycles. The van der Waals surface area contributed by atoms with Crippen LogP contribution in [0.3, 0.4) is 0 Å². The molecule has 20 heavy (non-hydrogen) atoms. The van der Waals surface area contributed by atoms with E-state index in [9.17, 15) is 8.42 Å². The van der Waals surface area contributed by atoms with E-state index < -0.39 is 10.0 Å². The van der Waals surface area contributed by atoms with Crippen molar-refractivity contribution in [3.8, 4) is 0 Å². The Labute approximate surface area is 117 Å². The van der Waals surface area contributed by atoms with Crippen molar-refractivity contribution in [3.05, 3.63) is 60.3 Å². The zero-order valence-corrected chi connectivity index (χ0v) is 11.9. The number of nitrogens with zero attached hydrogens (tertiary/aromatic N) is 1. The van der Waals surface area contributed by atoms with Gasteiger partial charge in [0.25, 0.3) is 10.0 Å². The van der Waals surface area contributed by atoms with Gasteiger partial charge >= 0.3 is 0 Å². The van der Waals surface area contributed by atoms with E-state index in [1.165, 1.54) is 3.97 Å². The highest BCUT2D eigenvalue weighted by Crippen LogP contribution is 2.23. The average molecular weight is 287 g/mol. The van der Waals surface area contributed by atoms with Crippen LogP contribution < -0.4 is 5.73 Å². The van der Waals surface area contributed by atoms with Crippen LogP contribution in [0.15, 0.2) is 59.6 Å². The van der Waals surface area contributed by atoms with Gasteiger partial charge in [-0.15, -0.1) is 0 Å². The Morgan fingerprint density at radius 2 is 1.70 bits per heavy atom. The van der Waals surface area contributed by atoms with Crippen LogP contribution in [-0.2, 0) is 10.0 Å². The minimum absolute atomic E-state index is 0.291. The lowest BCUT2D eigenvalue weighted by molar-refractivity contribution is -0.254. The summed E-state index contributed by atoms with van der Waals surface area (Å²) < 4.78 is 26.6. The molecule has 3 rings (SSSR count). The van der Waals surface area contributed by atoms with Crippen molar-refractivity contribution in [1.82, 2.24) is 3.97 Å². The van der Waals surface area contributed by atoms with Crippen molar-refractivity contribution in [3.63, 3.8) is 0 Å². The van der Waals surface area contributed by atoms with Crippen LogP contribution in [0.4, 0.5) is 5.69 Å². The molecular weight excluding hydrogens is 272 g/mol. The molecule has 3 aromatic rings. The maximum Gasteiger partial charge on any atom is 0.268 e. The van der Waals surface area contributed by atoms with Gasteiger partial charge in [-0.1, -0.05) is 17.7 Å². The second-order valence-electron chi connectivity index (χ2n) is 4.82. The Kier molecular flexibility index (Phi) is 2.88. The van der Waals surface area contributed by atoms with Gasteiger partial charge in [-0.2, -0.15) is 0 Å². The number of hydrogen-bond donors (Lipinski definition) is 1. The summed E-state index contributed by atoms with van der Waals surface area (Å²) in [5.74, 6) is 0. The number of fused-ring (bicyclic) bond motifs is 1. The molecule has 4 nitrogen and oxygen atoms in total. The lowest BCUT2D eigenvalue weighted by atomic mass is 10.2. The van der Waals surface area contributed by atoms with E-state index in [0.29, 0.717) is 10.4 Å². The first-order chi connectivity index (χ1) is 9.48. The fourth-order valence-corrected chi connectivity index (χ4v) is 3.55. The van der Waals surface area contributed by atoms with Crippen LogP contribution in [0.5, 0.6) is 0 Å². The number of hydrogen-bond acceptors (Lipinski definition) is 2. The molecule has 0 amide bonds. The van der Waals surface area contributed by atoms with Gasteiger partial charge < -0.3 is 5.73 Å². The molecular formula is C15H15N2O2S+. The predicted octanol–water partition coefficient (Wildman–Crippen LogP) is 2.06. The maximum atomic E-state index is 12.7. The SMILES string of the molecule is Cc1ccc(S(=O)(=O)n2ccc3cc([NH3+])ccc32)cc1. The summed E-state index contributed by atoms with van der Waals surface area (Å²) >= 11 is 0. The average Bonchev–Trinajstić information content (AvgIpc) is 2.82. The highest BCUT2D eigenvalue weighted by atomic mass is 32.2. The molecule has 0 fully saturated rings. The van der Waals surface area contributed by atoms with Gasteiger partial charge in [-0.3, -0.25) is 0 Å². The second-order valence-corrected chi connectivity index (χ2v) is 6.64. The summed E-state index contributed by atoms with van der Waals surface area (Å²) in [6, 6.07) is 14.1. The van der Waals surface area contributed by atoms with Crippen LogP contribution >= 0.6 is 0 Å². The van der Waals surface area contributed by atoms with E-state index >= 15 is 0 Å². The van der Waals surface area contributed by atoms with Crippen molar-refractivity contribution in [2.24, 2.45) is 0 Å². The standard InChI is InChI=1S/C15H14N2O2S/c1-11-2-5-14(6-3-11)20(18,19)17-9-8-12-10-13(16)4-7-15(12)17/h2-10H,16H2,1H3/p+1. The fraction of sp³-hybridized carbons (Fsp3) is 0.0667. The van der Waals surface area contributed by atoms with E-state index in [4.69, 9.17) is 0 Å². The van der Waals surface area contributed by atoms with Crippen LogP contribution in [0, 0.1) is 6.92 Å². The molecule has 0 aliphatic rings. The third-order valence-corrected chi connectivity index (χ3v) is 5.00. The molecule has 0 aliphatic carbocycles. The summed E-state index contributed by atoms with van der Waals surface area (Å²) in [5, 5.41) is 0.869. The Hall–Kier alpha value is -2.11. The van der Waals surface area contributed by atoms with Gasteiger partial charge in [-0.25, -0.2) is 12.4 Å². The largest absolute Gasteiger partial charge is 0.325 e. The summed E-state index contributed by atoms with van der Waals surface area (Å²) in [6.45, 7) is 1.93. The van der Waals surface area contributed by atoms with Gasteiger partial charge in [0.1, 0.15) is 5.69 Å². The molecule has 0 aliphatic heterocycles. The molecule has 1 aromatic heterocycles. The lowest BCUT2D eigenvalue weighted by Gasteiger charge is -2.07. The topological polar surface area (TPSA) is 66.7 Å². The van der Waals surface area contributed by atoms with Crippen LogP contribution in [0.2, 0.25) is 0 Å². The predicted molar refractivity (Wildman–Crippen MR) is 78.2 cm³/mol. The molecule has 0 saturated carbocycles. The Bertz CT molecular complexity index is 878. The molecule has 0 radical (unpaired) electrons. The maximum absolute atomic E-state index is 12.7. The minimum atomic E-state index is -3.56. The molecule has 0 unspecified atom stereocenters. The van der Waals surface area contributed by atoms with E-state index in [1.807, 2.05) is 19.1 Å². The number of aromatic nitrogens is 1. The van der Waals surface area contributed by atoms with Crippen molar-refractivity contribution in [1.29, 1.82) is 0 Å². The van der Waals surface area contributed by atoms with E-state index in [1.54, 1.807) is 42.6 Å². The molecule has 0 bridgehead atoms. The molecule has 0 spiro atoms. The fourth-order valence-electron chi connectivity index (χ4n) is 2.20. The Morgan fingerprint density at radius 1 is 1.00 bits per heavy atom. The minimum Gasteiger partial charge on any atom is -0.325 e.